The van der Waals surface area contributed by atoms with Crippen LogP contribution < -0.4 is 4.74 Å². The van der Waals surface area contributed by atoms with Crippen LogP contribution in [0.3, 0.4) is 0 Å². The fourth-order valence-electron chi connectivity index (χ4n) is 0.970. The Hall–Kier alpha value is -0.700. The summed E-state index contributed by atoms with van der Waals surface area (Å²) >= 11 is 3.33. The van der Waals surface area contributed by atoms with Gasteiger partial charge in [-0.3, -0.25) is 0 Å². The molecule has 1 aromatic rings. The summed E-state index contributed by atoms with van der Waals surface area (Å²) < 4.78 is 6.14. The van der Waals surface area contributed by atoms with Gasteiger partial charge in [0.25, 0.3) is 0 Å². The first kappa shape index (κ1) is 9.39. The maximum absolute atomic E-state index is 9.51. The van der Waals surface area contributed by atoms with Crippen molar-refractivity contribution in [2.75, 3.05) is 6.61 Å². The van der Waals surface area contributed by atoms with Gasteiger partial charge in [-0.05, 0) is 31.5 Å². The molecular weight excluding hydrogens is 220 g/mol. The smallest absolute Gasteiger partial charge is 0.162 e. The Kier molecular flexibility index (Phi) is 2.98. The standard InChI is InChI=1S/C9H11BrO2/c1-3-12-8-5-7(10)4-6(2)9(8)11/h4-5,11H,3H2,1-2H3. The van der Waals surface area contributed by atoms with Crippen molar-refractivity contribution in [3.05, 3.63) is 22.2 Å². The first-order valence-electron chi connectivity index (χ1n) is 3.77. The Labute approximate surface area is 80.3 Å². The van der Waals surface area contributed by atoms with E-state index < -0.39 is 0 Å². The average Bonchev–Trinajstić information content (AvgIpc) is 2.00. The van der Waals surface area contributed by atoms with E-state index in [0.29, 0.717) is 12.4 Å². The number of rotatable bonds is 2. The van der Waals surface area contributed by atoms with Crippen LogP contribution in [-0.4, -0.2) is 11.7 Å². The minimum atomic E-state index is 0.222. The maximum Gasteiger partial charge on any atom is 0.162 e. The van der Waals surface area contributed by atoms with Gasteiger partial charge < -0.3 is 9.84 Å². The van der Waals surface area contributed by atoms with E-state index in [2.05, 4.69) is 15.9 Å². The molecule has 0 radical (unpaired) electrons. The molecule has 0 saturated heterocycles. The second-order valence-electron chi connectivity index (χ2n) is 2.50. The molecule has 0 unspecified atom stereocenters. The highest BCUT2D eigenvalue weighted by atomic mass is 79.9. The molecule has 0 spiro atoms. The number of aryl methyl sites for hydroxylation is 1. The van der Waals surface area contributed by atoms with Crippen molar-refractivity contribution in [2.24, 2.45) is 0 Å². The topological polar surface area (TPSA) is 29.5 Å². The van der Waals surface area contributed by atoms with Gasteiger partial charge in [0.2, 0.25) is 0 Å². The van der Waals surface area contributed by atoms with Crippen molar-refractivity contribution in [1.82, 2.24) is 0 Å². The molecule has 0 amide bonds. The largest absolute Gasteiger partial charge is 0.504 e. The van der Waals surface area contributed by atoms with E-state index in [0.717, 1.165) is 10.0 Å². The Balaban J connectivity index is 3.09. The summed E-state index contributed by atoms with van der Waals surface area (Å²) in [5, 5.41) is 9.51. The van der Waals surface area contributed by atoms with E-state index in [1.54, 1.807) is 6.07 Å². The van der Waals surface area contributed by atoms with Crippen LogP contribution in [0.5, 0.6) is 11.5 Å². The SMILES string of the molecule is CCOc1cc(Br)cc(C)c1O. The summed E-state index contributed by atoms with van der Waals surface area (Å²) in [6.45, 7) is 4.28. The number of benzene rings is 1. The molecule has 0 bridgehead atoms. The second kappa shape index (κ2) is 3.81. The molecule has 0 heterocycles. The summed E-state index contributed by atoms with van der Waals surface area (Å²) in [7, 11) is 0. The van der Waals surface area contributed by atoms with Crippen molar-refractivity contribution in [3.63, 3.8) is 0 Å². The van der Waals surface area contributed by atoms with E-state index in [-0.39, 0.29) is 5.75 Å². The number of ether oxygens (including phenoxy) is 1. The molecule has 0 aliphatic carbocycles. The van der Waals surface area contributed by atoms with Gasteiger partial charge in [0.15, 0.2) is 11.5 Å². The third kappa shape index (κ3) is 1.91. The van der Waals surface area contributed by atoms with Gasteiger partial charge in [0.1, 0.15) is 0 Å². The molecule has 0 aromatic heterocycles. The lowest BCUT2D eigenvalue weighted by Gasteiger charge is -2.08. The zero-order valence-electron chi connectivity index (χ0n) is 7.10. The predicted molar refractivity (Wildman–Crippen MR) is 51.7 cm³/mol. The van der Waals surface area contributed by atoms with Crippen molar-refractivity contribution >= 4 is 15.9 Å². The zero-order valence-corrected chi connectivity index (χ0v) is 8.68. The fraction of sp³-hybridized carbons (Fsp3) is 0.333. The van der Waals surface area contributed by atoms with Gasteiger partial charge in [-0.2, -0.15) is 0 Å². The fourth-order valence-corrected chi connectivity index (χ4v) is 1.52. The van der Waals surface area contributed by atoms with Crippen LogP contribution in [0.4, 0.5) is 0 Å². The molecular formula is C9H11BrO2. The highest BCUT2D eigenvalue weighted by Crippen LogP contribution is 2.32. The third-order valence-electron chi connectivity index (χ3n) is 1.53. The molecule has 1 aromatic carbocycles. The van der Waals surface area contributed by atoms with E-state index in [1.165, 1.54) is 0 Å². The first-order chi connectivity index (χ1) is 5.65. The molecule has 0 saturated carbocycles. The van der Waals surface area contributed by atoms with Crippen LogP contribution in [0.2, 0.25) is 0 Å². The molecule has 66 valence electrons. The summed E-state index contributed by atoms with van der Waals surface area (Å²) in [6.07, 6.45) is 0. The summed E-state index contributed by atoms with van der Waals surface area (Å²) in [4.78, 5) is 0. The van der Waals surface area contributed by atoms with Gasteiger partial charge in [-0.1, -0.05) is 15.9 Å². The molecule has 1 N–H and O–H groups in total. The van der Waals surface area contributed by atoms with Crippen molar-refractivity contribution < 1.29 is 9.84 Å². The normalized spacial score (nSPS) is 9.92. The summed E-state index contributed by atoms with van der Waals surface area (Å²) in [5.74, 6) is 0.754. The zero-order chi connectivity index (χ0) is 9.14. The van der Waals surface area contributed by atoms with Crippen LogP contribution in [0.15, 0.2) is 16.6 Å². The van der Waals surface area contributed by atoms with Crippen LogP contribution in [0.25, 0.3) is 0 Å². The van der Waals surface area contributed by atoms with Crippen LogP contribution in [0.1, 0.15) is 12.5 Å². The van der Waals surface area contributed by atoms with E-state index >= 15 is 0 Å². The number of phenolic OH excluding ortho intramolecular Hbond substituents is 1. The molecule has 0 fully saturated rings. The molecule has 0 aliphatic heterocycles. The van der Waals surface area contributed by atoms with Gasteiger partial charge in [0, 0.05) is 4.47 Å². The first-order valence-corrected chi connectivity index (χ1v) is 4.56. The highest BCUT2D eigenvalue weighted by Gasteiger charge is 2.05. The lowest BCUT2D eigenvalue weighted by Crippen LogP contribution is -1.92. The lowest BCUT2D eigenvalue weighted by molar-refractivity contribution is 0.317. The average molecular weight is 231 g/mol. The second-order valence-corrected chi connectivity index (χ2v) is 3.42. The highest BCUT2D eigenvalue weighted by molar-refractivity contribution is 9.10. The monoisotopic (exact) mass is 230 g/mol. The maximum atomic E-state index is 9.51. The van der Waals surface area contributed by atoms with Crippen molar-refractivity contribution in [1.29, 1.82) is 0 Å². The van der Waals surface area contributed by atoms with Crippen LogP contribution in [0, 0.1) is 6.92 Å². The quantitative estimate of drug-likeness (QED) is 0.847. The van der Waals surface area contributed by atoms with Gasteiger partial charge in [-0.25, -0.2) is 0 Å². The lowest BCUT2D eigenvalue weighted by atomic mass is 10.2. The number of aromatic hydroxyl groups is 1. The summed E-state index contributed by atoms with van der Waals surface area (Å²) in [5.41, 5.74) is 0.813. The van der Waals surface area contributed by atoms with Gasteiger partial charge in [0.05, 0.1) is 6.61 Å². The molecule has 3 heteroatoms. The molecule has 0 aliphatic rings. The number of hydrogen-bond acceptors (Lipinski definition) is 2. The minimum absolute atomic E-state index is 0.222. The summed E-state index contributed by atoms with van der Waals surface area (Å²) in [6, 6.07) is 3.60. The number of halogens is 1. The third-order valence-corrected chi connectivity index (χ3v) is 1.99. The molecule has 12 heavy (non-hydrogen) atoms. The molecule has 0 atom stereocenters. The van der Waals surface area contributed by atoms with Crippen LogP contribution in [-0.2, 0) is 0 Å². The minimum Gasteiger partial charge on any atom is -0.504 e. The van der Waals surface area contributed by atoms with E-state index in [1.807, 2.05) is 19.9 Å². The van der Waals surface area contributed by atoms with E-state index in [9.17, 15) is 5.11 Å². The number of phenols is 1. The Morgan fingerprint density at radius 3 is 2.75 bits per heavy atom. The Morgan fingerprint density at radius 1 is 1.50 bits per heavy atom. The van der Waals surface area contributed by atoms with E-state index in [4.69, 9.17) is 4.74 Å². The Morgan fingerprint density at radius 2 is 2.17 bits per heavy atom. The molecule has 1 rings (SSSR count). The Bertz CT molecular complexity index is 284. The van der Waals surface area contributed by atoms with Gasteiger partial charge >= 0.3 is 0 Å². The van der Waals surface area contributed by atoms with Crippen molar-refractivity contribution in [2.45, 2.75) is 13.8 Å². The molecule has 2 nitrogen and oxygen atoms in total. The van der Waals surface area contributed by atoms with Crippen molar-refractivity contribution in [3.8, 4) is 11.5 Å². The predicted octanol–water partition coefficient (Wildman–Crippen LogP) is 2.86. The number of hydrogen-bond donors (Lipinski definition) is 1. The van der Waals surface area contributed by atoms with Gasteiger partial charge in [-0.15, -0.1) is 0 Å². The van der Waals surface area contributed by atoms with Crippen LogP contribution >= 0.6 is 15.9 Å².